The number of esters is 1. The van der Waals surface area contributed by atoms with Crippen LogP contribution in [0.2, 0.25) is 5.15 Å². The van der Waals surface area contributed by atoms with Gasteiger partial charge in [0.1, 0.15) is 11.0 Å². The molecule has 0 fully saturated rings. The third-order valence-corrected chi connectivity index (χ3v) is 2.65. The van der Waals surface area contributed by atoms with Gasteiger partial charge >= 0.3 is 5.97 Å². The molecule has 0 radical (unpaired) electrons. The monoisotopic (exact) mass is 264 g/mol. The smallest absolute Gasteiger partial charge is 0.339 e. The van der Waals surface area contributed by atoms with E-state index >= 15 is 0 Å². The van der Waals surface area contributed by atoms with Crippen molar-refractivity contribution in [3.63, 3.8) is 0 Å². The molecule has 1 heterocycles. The Balaban J connectivity index is 3.28. The second-order valence-corrected chi connectivity index (χ2v) is 3.34. The molecular formula is C7H6BrClN2O2. The van der Waals surface area contributed by atoms with Crippen LogP contribution in [0.3, 0.4) is 0 Å². The number of methoxy groups -OCH3 is 1. The van der Waals surface area contributed by atoms with Crippen LogP contribution in [-0.4, -0.2) is 18.1 Å². The van der Waals surface area contributed by atoms with E-state index in [4.69, 9.17) is 17.3 Å². The Hall–Kier alpha value is -0.810. The zero-order chi connectivity index (χ0) is 10.0. The molecule has 2 N–H and O–H groups in total. The number of carbonyl (C=O) groups is 1. The molecule has 0 aliphatic heterocycles. The summed E-state index contributed by atoms with van der Waals surface area (Å²) in [4.78, 5) is 14.9. The first-order valence-electron chi connectivity index (χ1n) is 3.26. The van der Waals surface area contributed by atoms with Crippen molar-refractivity contribution in [3.05, 3.63) is 21.3 Å². The Bertz CT molecular complexity index is 357. The molecule has 1 rings (SSSR count). The molecule has 0 bridgehead atoms. The summed E-state index contributed by atoms with van der Waals surface area (Å²) in [5.41, 5.74) is 5.66. The number of aromatic nitrogens is 1. The number of nitrogens with zero attached hydrogens (tertiary/aromatic N) is 1. The van der Waals surface area contributed by atoms with E-state index in [1.54, 1.807) is 0 Å². The van der Waals surface area contributed by atoms with E-state index in [0.717, 1.165) is 0 Å². The predicted molar refractivity (Wildman–Crippen MR) is 52.7 cm³/mol. The summed E-state index contributed by atoms with van der Waals surface area (Å²) in [5.74, 6) is -0.337. The van der Waals surface area contributed by atoms with Gasteiger partial charge in [0, 0.05) is 0 Å². The molecule has 4 nitrogen and oxygen atoms in total. The number of rotatable bonds is 1. The largest absolute Gasteiger partial charge is 0.465 e. The second-order valence-electron chi connectivity index (χ2n) is 2.19. The van der Waals surface area contributed by atoms with E-state index < -0.39 is 5.97 Å². The topological polar surface area (TPSA) is 65.2 Å². The molecular weight excluding hydrogens is 259 g/mol. The zero-order valence-electron chi connectivity index (χ0n) is 6.67. The number of nitrogen functional groups attached to an aromatic ring is 1. The first-order chi connectivity index (χ1) is 6.06. The fraction of sp³-hybridized carbons (Fsp3) is 0.143. The first kappa shape index (κ1) is 10.3. The molecule has 1 aromatic rings. The van der Waals surface area contributed by atoms with Gasteiger partial charge in [0.2, 0.25) is 0 Å². The van der Waals surface area contributed by atoms with Crippen molar-refractivity contribution in [2.45, 2.75) is 0 Å². The molecule has 70 valence electrons. The van der Waals surface area contributed by atoms with Gasteiger partial charge < -0.3 is 10.5 Å². The number of halogens is 2. The SMILES string of the molecule is COC(=O)c1cc(N)nc(Cl)c1Br. The van der Waals surface area contributed by atoms with Crippen LogP contribution >= 0.6 is 27.5 Å². The summed E-state index contributed by atoms with van der Waals surface area (Å²) in [6.45, 7) is 0. The zero-order valence-corrected chi connectivity index (χ0v) is 9.02. The summed E-state index contributed by atoms with van der Waals surface area (Å²) in [6, 6.07) is 1.39. The van der Waals surface area contributed by atoms with Gasteiger partial charge in [0.25, 0.3) is 0 Å². The average molecular weight is 265 g/mol. The van der Waals surface area contributed by atoms with Gasteiger partial charge in [-0.15, -0.1) is 0 Å². The van der Waals surface area contributed by atoms with Crippen molar-refractivity contribution in [2.24, 2.45) is 0 Å². The molecule has 0 atom stereocenters. The molecule has 0 aliphatic carbocycles. The molecule has 1 aromatic heterocycles. The Morgan fingerprint density at radius 3 is 2.92 bits per heavy atom. The summed E-state index contributed by atoms with van der Waals surface area (Å²) < 4.78 is 4.90. The number of carbonyl (C=O) groups excluding carboxylic acids is 1. The van der Waals surface area contributed by atoms with Gasteiger partial charge in [-0.05, 0) is 22.0 Å². The number of ether oxygens (including phenoxy) is 1. The van der Waals surface area contributed by atoms with Gasteiger partial charge in [-0.25, -0.2) is 9.78 Å². The highest BCUT2D eigenvalue weighted by Gasteiger charge is 2.14. The Morgan fingerprint density at radius 1 is 1.77 bits per heavy atom. The van der Waals surface area contributed by atoms with Gasteiger partial charge in [-0.2, -0.15) is 0 Å². The Morgan fingerprint density at radius 2 is 2.38 bits per heavy atom. The normalized spacial score (nSPS) is 9.77. The van der Waals surface area contributed by atoms with E-state index in [0.29, 0.717) is 4.47 Å². The summed E-state index contributed by atoms with van der Waals surface area (Å²) in [6.07, 6.45) is 0. The van der Waals surface area contributed by atoms with Gasteiger partial charge in [0.05, 0.1) is 17.1 Å². The third kappa shape index (κ3) is 2.10. The average Bonchev–Trinajstić information content (AvgIpc) is 2.10. The van der Waals surface area contributed by atoms with Crippen molar-refractivity contribution in [2.75, 3.05) is 12.8 Å². The third-order valence-electron chi connectivity index (χ3n) is 1.34. The van der Waals surface area contributed by atoms with Crippen molar-refractivity contribution in [1.82, 2.24) is 4.98 Å². The van der Waals surface area contributed by atoms with E-state index in [1.165, 1.54) is 13.2 Å². The fourth-order valence-corrected chi connectivity index (χ4v) is 1.34. The van der Waals surface area contributed by atoms with Crippen molar-refractivity contribution in [3.8, 4) is 0 Å². The maximum atomic E-state index is 11.1. The summed E-state index contributed by atoms with van der Waals surface area (Å²) >= 11 is 8.78. The van der Waals surface area contributed by atoms with Crippen molar-refractivity contribution in [1.29, 1.82) is 0 Å². The van der Waals surface area contributed by atoms with Crippen LogP contribution in [0.15, 0.2) is 10.5 Å². The minimum atomic E-state index is -0.511. The van der Waals surface area contributed by atoms with Crippen LogP contribution in [0.4, 0.5) is 5.82 Å². The predicted octanol–water partition coefficient (Wildman–Crippen LogP) is 1.87. The molecule has 6 heteroatoms. The lowest BCUT2D eigenvalue weighted by atomic mass is 10.2. The van der Waals surface area contributed by atoms with E-state index in [2.05, 4.69) is 25.7 Å². The van der Waals surface area contributed by atoms with Crippen LogP contribution in [0.1, 0.15) is 10.4 Å². The number of nitrogens with two attached hydrogens (primary N) is 1. The Labute approximate surface area is 88.2 Å². The second kappa shape index (κ2) is 3.93. The van der Waals surface area contributed by atoms with E-state index in [9.17, 15) is 4.79 Å². The molecule has 0 saturated heterocycles. The number of anilines is 1. The van der Waals surface area contributed by atoms with Gasteiger partial charge in [0.15, 0.2) is 0 Å². The summed E-state index contributed by atoms with van der Waals surface area (Å²) in [7, 11) is 1.28. The Kier molecular flexibility index (Phi) is 3.11. The minimum absolute atomic E-state index is 0.139. The van der Waals surface area contributed by atoms with E-state index in [-0.39, 0.29) is 16.5 Å². The molecule has 0 aliphatic rings. The van der Waals surface area contributed by atoms with Crippen LogP contribution in [0, 0.1) is 0 Å². The quantitative estimate of drug-likeness (QED) is 0.622. The highest BCUT2D eigenvalue weighted by Crippen LogP contribution is 2.26. The minimum Gasteiger partial charge on any atom is -0.465 e. The highest BCUT2D eigenvalue weighted by atomic mass is 79.9. The molecule has 0 aromatic carbocycles. The van der Waals surface area contributed by atoms with Gasteiger partial charge in [-0.3, -0.25) is 0 Å². The number of hydrogen-bond donors (Lipinski definition) is 1. The molecule has 0 amide bonds. The molecule has 0 spiro atoms. The molecule has 13 heavy (non-hydrogen) atoms. The van der Waals surface area contributed by atoms with Gasteiger partial charge in [-0.1, -0.05) is 11.6 Å². The lowest BCUT2D eigenvalue weighted by Gasteiger charge is -2.04. The van der Waals surface area contributed by atoms with Crippen molar-refractivity contribution >= 4 is 39.3 Å². The highest BCUT2D eigenvalue weighted by molar-refractivity contribution is 9.10. The number of pyridine rings is 1. The van der Waals surface area contributed by atoms with Crippen LogP contribution in [0.5, 0.6) is 0 Å². The van der Waals surface area contributed by atoms with Crippen LogP contribution < -0.4 is 5.73 Å². The maximum absolute atomic E-state index is 11.1. The van der Waals surface area contributed by atoms with Crippen LogP contribution in [0.25, 0.3) is 0 Å². The summed E-state index contributed by atoms with van der Waals surface area (Å²) in [5, 5.41) is 0.139. The lowest BCUT2D eigenvalue weighted by Crippen LogP contribution is -2.05. The molecule has 0 saturated carbocycles. The first-order valence-corrected chi connectivity index (χ1v) is 4.43. The maximum Gasteiger partial charge on any atom is 0.339 e. The molecule has 0 unspecified atom stereocenters. The fourth-order valence-electron chi connectivity index (χ4n) is 0.776. The number of hydrogen-bond acceptors (Lipinski definition) is 4. The van der Waals surface area contributed by atoms with Crippen LogP contribution in [-0.2, 0) is 4.74 Å². The lowest BCUT2D eigenvalue weighted by molar-refractivity contribution is 0.0599. The standard InChI is InChI=1S/C7H6BrClN2O2/c1-13-7(12)3-2-4(10)11-6(9)5(3)8/h2H,1H3,(H2,10,11). The van der Waals surface area contributed by atoms with Crippen molar-refractivity contribution < 1.29 is 9.53 Å². The van der Waals surface area contributed by atoms with E-state index in [1.807, 2.05) is 0 Å².